The van der Waals surface area contributed by atoms with Gasteiger partial charge in [-0.1, -0.05) is 76.2 Å². The second-order valence-electron chi connectivity index (χ2n) is 7.59. The van der Waals surface area contributed by atoms with Gasteiger partial charge in [-0.15, -0.1) is 0 Å². The van der Waals surface area contributed by atoms with E-state index < -0.39 is 0 Å². The maximum absolute atomic E-state index is 5.59. The second kappa shape index (κ2) is 13.3. The lowest BCUT2D eigenvalue weighted by Crippen LogP contribution is -2.17. The molecule has 1 aliphatic rings. The number of ether oxygens (including phenoxy) is 1. The van der Waals surface area contributed by atoms with Crippen LogP contribution in [-0.4, -0.2) is 18.0 Å². The first-order valence-corrected chi connectivity index (χ1v) is 10.2. The monoisotopic (exact) mass is 333 g/mol. The van der Waals surface area contributed by atoms with Crippen molar-refractivity contribution in [2.75, 3.05) is 6.61 Å². The fraction of sp³-hybridized carbons (Fsp3) is 0.773. The van der Waals surface area contributed by atoms with E-state index in [0.29, 0.717) is 0 Å². The van der Waals surface area contributed by atoms with Crippen LogP contribution in [-0.2, 0) is 4.74 Å². The zero-order valence-corrected chi connectivity index (χ0v) is 16.4. The van der Waals surface area contributed by atoms with Crippen molar-refractivity contribution in [1.82, 2.24) is 0 Å². The van der Waals surface area contributed by atoms with Crippen molar-refractivity contribution in [2.45, 2.75) is 103 Å². The number of rotatable bonds is 14. The highest BCUT2D eigenvalue weighted by atomic mass is 16.5. The molecule has 0 aromatic heterocycles. The highest BCUT2D eigenvalue weighted by molar-refractivity contribution is 5.78. The summed E-state index contributed by atoms with van der Waals surface area (Å²) in [6, 6.07) is 0. The largest absolute Gasteiger partial charge is 0.478 e. The van der Waals surface area contributed by atoms with Gasteiger partial charge in [0.15, 0.2) is 5.90 Å². The summed E-state index contributed by atoms with van der Waals surface area (Å²) in [7, 11) is 0. The highest BCUT2D eigenvalue weighted by Gasteiger charge is 2.25. The summed E-state index contributed by atoms with van der Waals surface area (Å²) >= 11 is 0. The van der Waals surface area contributed by atoms with Gasteiger partial charge < -0.3 is 4.74 Å². The van der Waals surface area contributed by atoms with Crippen molar-refractivity contribution in [2.24, 2.45) is 4.99 Å². The number of allylic oxidation sites excluding steroid dienone is 4. The minimum absolute atomic E-state index is 0.0166. The van der Waals surface area contributed by atoms with E-state index >= 15 is 0 Å². The van der Waals surface area contributed by atoms with Crippen LogP contribution in [0, 0.1) is 0 Å². The van der Waals surface area contributed by atoms with Gasteiger partial charge in [-0.05, 0) is 39.5 Å². The normalized spacial score (nSPS) is 16.9. The predicted octanol–water partition coefficient (Wildman–Crippen LogP) is 7.01. The Balaban J connectivity index is 1.87. The fourth-order valence-corrected chi connectivity index (χ4v) is 2.90. The number of hydrogen-bond acceptors (Lipinski definition) is 2. The fourth-order valence-electron chi connectivity index (χ4n) is 2.90. The molecular weight excluding hydrogens is 294 g/mol. The molecule has 0 saturated carbocycles. The SMILES string of the molecule is CCCCCCCCCC/C=C\C/C=C\CCC1=NC(C)(C)CO1. The van der Waals surface area contributed by atoms with Gasteiger partial charge in [-0.2, -0.15) is 0 Å². The van der Waals surface area contributed by atoms with Crippen molar-refractivity contribution in [3.05, 3.63) is 24.3 Å². The third-order valence-electron chi connectivity index (χ3n) is 4.37. The summed E-state index contributed by atoms with van der Waals surface area (Å²) < 4.78 is 5.59. The minimum atomic E-state index is -0.0166. The Bertz CT molecular complexity index is 393. The molecule has 1 aliphatic heterocycles. The van der Waals surface area contributed by atoms with E-state index in [1.54, 1.807) is 0 Å². The second-order valence-corrected chi connectivity index (χ2v) is 7.59. The maximum atomic E-state index is 5.59. The van der Waals surface area contributed by atoms with Crippen LogP contribution in [0.3, 0.4) is 0 Å². The van der Waals surface area contributed by atoms with Gasteiger partial charge in [0.25, 0.3) is 0 Å². The van der Waals surface area contributed by atoms with Gasteiger partial charge in [0.05, 0.1) is 5.54 Å². The molecule has 0 atom stereocenters. The Morgan fingerprint density at radius 1 is 0.875 bits per heavy atom. The van der Waals surface area contributed by atoms with Crippen LogP contribution in [0.15, 0.2) is 29.3 Å². The van der Waals surface area contributed by atoms with Crippen LogP contribution in [0.25, 0.3) is 0 Å². The van der Waals surface area contributed by atoms with Gasteiger partial charge in [-0.3, -0.25) is 0 Å². The predicted molar refractivity (Wildman–Crippen MR) is 107 cm³/mol. The maximum Gasteiger partial charge on any atom is 0.184 e. The highest BCUT2D eigenvalue weighted by Crippen LogP contribution is 2.18. The summed E-state index contributed by atoms with van der Waals surface area (Å²) in [6.45, 7) is 7.24. The Hall–Kier alpha value is -1.05. The Labute approximate surface area is 150 Å². The van der Waals surface area contributed by atoms with E-state index in [1.807, 2.05) is 0 Å². The Kier molecular flexibility index (Phi) is 11.6. The van der Waals surface area contributed by atoms with Crippen LogP contribution in [0.2, 0.25) is 0 Å². The van der Waals surface area contributed by atoms with Crippen LogP contribution in [0.1, 0.15) is 97.8 Å². The van der Waals surface area contributed by atoms with Gasteiger partial charge in [-0.25, -0.2) is 4.99 Å². The van der Waals surface area contributed by atoms with E-state index in [-0.39, 0.29) is 5.54 Å². The summed E-state index contributed by atoms with van der Waals surface area (Å²) in [5.74, 6) is 0.926. The molecule has 0 N–H and O–H groups in total. The van der Waals surface area contributed by atoms with Gasteiger partial charge >= 0.3 is 0 Å². The first kappa shape index (κ1) is 21.0. The summed E-state index contributed by atoms with van der Waals surface area (Å²) in [4.78, 5) is 4.57. The molecule has 2 nitrogen and oxygen atoms in total. The molecule has 0 amide bonds. The third-order valence-corrected chi connectivity index (χ3v) is 4.37. The summed E-state index contributed by atoms with van der Waals surface area (Å²) in [5, 5.41) is 0. The minimum Gasteiger partial charge on any atom is -0.478 e. The van der Waals surface area contributed by atoms with Crippen molar-refractivity contribution >= 4 is 5.90 Å². The molecule has 24 heavy (non-hydrogen) atoms. The zero-order valence-electron chi connectivity index (χ0n) is 16.4. The van der Waals surface area contributed by atoms with Crippen LogP contribution < -0.4 is 0 Å². The van der Waals surface area contributed by atoms with E-state index in [0.717, 1.165) is 31.8 Å². The van der Waals surface area contributed by atoms with Crippen LogP contribution in [0.5, 0.6) is 0 Å². The van der Waals surface area contributed by atoms with E-state index in [1.165, 1.54) is 57.8 Å². The van der Waals surface area contributed by atoms with E-state index in [2.05, 4.69) is 50.1 Å². The zero-order chi connectivity index (χ0) is 17.5. The first-order chi connectivity index (χ1) is 11.6. The Morgan fingerprint density at radius 2 is 1.50 bits per heavy atom. The lowest BCUT2D eigenvalue weighted by atomic mass is 10.1. The van der Waals surface area contributed by atoms with E-state index in [4.69, 9.17) is 4.74 Å². The molecule has 1 heterocycles. The number of aliphatic imine (C=N–C) groups is 1. The lowest BCUT2D eigenvalue weighted by molar-refractivity contribution is 0.274. The average Bonchev–Trinajstić information content (AvgIpc) is 2.90. The molecule has 0 aromatic carbocycles. The first-order valence-electron chi connectivity index (χ1n) is 10.2. The molecule has 0 aromatic rings. The number of unbranched alkanes of at least 4 members (excludes halogenated alkanes) is 8. The molecule has 0 radical (unpaired) electrons. The van der Waals surface area contributed by atoms with E-state index in [9.17, 15) is 0 Å². The summed E-state index contributed by atoms with van der Waals surface area (Å²) in [6.07, 6.45) is 24.6. The van der Waals surface area contributed by atoms with Gasteiger partial charge in [0, 0.05) is 6.42 Å². The molecule has 0 fully saturated rings. The molecular formula is C22H39NO. The molecule has 0 aliphatic carbocycles. The molecule has 2 heteroatoms. The molecule has 138 valence electrons. The standard InChI is InChI=1S/C22H39NO/c1-4-5-6-7-8-9-10-11-12-13-14-15-16-17-18-19-21-23-22(2,3)20-24-21/h13-14,16-17H,4-12,15,18-20H2,1-3H3/b14-13-,17-16-. The van der Waals surface area contributed by atoms with Crippen molar-refractivity contribution in [3.8, 4) is 0 Å². The quantitative estimate of drug-likeness (QED) is 0.247. The molecule has 0 bridgehead atoms. The number of nitrogens with zero attached hydrogens (tertiary/aromatic N) is 1. The smallest absolute Gasteiger partial charge is 0.184 e. The average molecular weight is 334 g/mol. The van der Waals surface area contributed by atoms with Crippen LogP contribution in [0.4, 0.5) is 0 Å². The van der Waals surface area contributed by atoms with Crippen molar-refractivity contribution in [1.29, 1.82) is 0 Å². The molecule has 0 spiro atoms. The lowest BCUT2D eigenvalue weighted by Gasteiger charge is -2.07. The van der Waals surface area contributed by atoms with Gasteiger partial charge in [0.1, 0.15) is 6.61 Å². The summed E-state index contributed by atoms with van der Waals surface area (Å²) in [5.41, 5.74) is -0.0166. The van der Waals surface area contributed by atoms with Crippen molar-refractivity contribution in [3.63, 3.8) is 0 Å². The Morgan fingerprint density at radius 3 is 2.12 bits per heavy atom. The third kappa shape index (κ3) is 11.5. The van der Waals surface area contributed by atoms with Crippen LogP contribution >= 0.6 is 0 Å². The van der Waals surface area contributed by atoms with Crippen molar-refractivity contribution < 1.29 is 4.74 Å². The molecule has 0 unspecified atom stereocenters. The molecule has 1 rings (SSSR count). The molecule has 0 saturated heterocycles. The van der Waals surface area contributed by atoms with Gasteiger partial charge in [0.2, 0.25) is 0 Å². The number of hydrogen-bond donors (Lipinski definition) is 0. The topological polar surface area (TPSA) is 21.6 Å².